The van der Waals surface area contributed by atoms with E-state index in [-0.39, 0.29) is 18.4 Å². The zero-order valence-electron chi connectivity index (χ0n) is 15.6. The lowest BCUT2D eigenvalue weighted by atomic mass is 9.85. The fourth-order valence-corrected chi connectivity index (χ4v) is 3.30. The number of carbonyl (C=O) groups excluding carboxylic acids is 1. The van der Waals surface area contributed by atoms with Gasteiger partial charge in [0.1, 0.15) is 24.4 Å². The number of aliphatic hydroxyl groups is 5. The van der Waals surface area contributed by atoms with Gasteiger partial charge in [-0.2, -0.15) is 0 Å². The van der Waals surface area contributed by atoms with Gasteiger partial charge in [0.25, 0.3) is 5.91 Å². The number of nitrogens with one attached hydrogen (secondary N) is 1. The summed E-state index contributed by atoms with van der Waals surface area (Å²) in [6.45, 7) is 6.98. The van der Waals surface area contributed by atoms with Gasteiger partial charge in [-0.15, -0.1) is 0 Å². The van der Waals surface area contributed by atoms with Gasteiger partial charge < -0.3 is 45.1 Å². The van der Waals surface area contributed by atoms with Crippen molar-refractivity contribution < 1.29 is 44.5 Å². The van der Waals surface area contributed by atoms with Gasteiger partial charge >= 0.3 is 0 Å². The Morgan fingerprint density at radius 2 is 1.96 bits per heavy atom. The predicted octanol–water partition coefficient (Wildman–Crippen LogP) is -2.39. The van der Waals surface area contributed by atoms with Crippen LogP contribution in [0.2, 0.25) is 0 Å². The van der Waals surface area contributed by atoms with E-state index in [1.54, 1.807) is 6.92 Å². The Kier molecular flexibility index (Phi) is 6.98. The third-order valence-corrected chi connectivity index (χ3v) is 5.39. The zero-order valence-corrected chi connectivity index (χ0v) is 15.6. The first-order valence-corrected chi connectivity index (χ1v) is 8.77. The fourth-order valence-electron chi connectivity index (χ4n) is 3.30. The molecule has 0 radical (unpaired) electrons. The number of hydrogen-bond donors (Lipinski definition) is 6. The molecule has 0 aliphatic carbocycles. The second-order valence-corrected chi connectivity index (χ2v) is 7.12. The van der Waals surface area contributed by atoms with Crippen LogP contribution in [-0.2, 0) is 19.0 Å². The molecule has 0 aromatic rings. The minimum Gasteiger partial charge on any atom is -0.394 e. The highest BCUT2D eigenvalue weighted by Gasteiger charge is 2.51. The first-order valence-electron chi connectivity index (χ1n) is 8.77. The molecule has 0 saturated carbocycles. The summed E-state index contributed by atoms with van der Waals surface area (Å²) in [6.07, 6.45) is -9.59. The van der Waals surface area contributed by atoms with Crippen molar-refractivity contribution in [2.45, 2.75) is 68.9 Å². The molecule has 0 aromatic heterocycles. The summed E-state index contributed by atoms with van der Waals surface area (Å²) < 4.78 is 16.3. The molecule has 2 rings (SSSR count). The van der Waals surface area contributed by atoms with Crippen molar-refractivity contribution >= 4 is 5.91 Å². The van der Waals surface area contributed by atoms with E-state index in [0.29, 0.717) is 0 Å². The van der Waals surface area contributed by atoms with E-state index in [0.717, 1.165) is 5.57 Å². The number of amides is 1. The number of methoxy groups -OCH3 is 1. The molecule has 0 aromatic carbocycles. The Balaban J connectivity index is 2.13. The van der Waals surface area contributed by atoms with Crippen LogP contribution in [-0.4, -0.2) is 93.8 Å². The Labute approximate surface area is 157 Å². The summed E-state index contributed by atoms with van der Waals surface area (Å²) in [5.41, 5.74) is 0.746. The van der Waals surface area contributed by atoms with Crippen molar-refractivity contribution in [3.8, 4) is 0 Å². The average Bonchev–Trinajstić information content (AvgIpc) is 2.65. The quantitative estimate of drug-likeness (QED) is 0.281. The van der Waals surface area contributed by atoms with Crippen LogP contribution in [0.15, 0.2) is 12.2 Å². The first-order chi connectivity index (χ1) is 12.6. The highest BCUT2D eigenvalue weighted by molar-refractivity contribution is 5.82. The van der Waals surface area contributed by atoms with E-state index in [2.05, 4.69) is 11.9 Å². The molecule has 27 heavy (non-hydrogen) atoms. The maximum absolute atomic E-state index is 12.5. The molecule has 2 fully saturated rings. The number of ether oxygens (including phenoxy) is 3. The van der Waals surface area contributed by atoms with E-state index in [4.69, 9.17) is 14.2 Å². The average molecular weight is 391 g/mol. The van der Waals surface area contributed by atoms with E-state index < -0.39 is 55.0 Å². The monoisotopic (exact) mass is 391 g/mol. The van der Waals surface area contributed by atoms with Crippen molar-refractivity contribution in [2.24, 2.45) is 5.92 Å². The second-order valence-electron chi connectivity index (χ2n) is 7.12. The molecule has 6 N–H and O–H groups in total. The van der Waals surface area contributed by atoms with E-state index in [9.17, 15) is 30.3 Å². The van der Waals surface area contributed by atoms with Crippen molar-refractivity contribution in [3.05, 3.63) is 12.2 Å². The summed E-state index contributed by atoms with van der Waals surface area (Å²) in [7, 11) is 1.29. The number of rotatable bonds is 5. The fraction of sp³-hybridized carbons (Fsp3) is 0.824. The molecule has 10 heteroatoms. The summed E-state index contributed by atoms with van der Waals surface area (Å²) in [4.78, 5) is 12.5. The first kappa shape index (κ1) is 22.2. The molecule has 2 aliphatic rings. The highest BCUT2D eigenvalue weighted by atomic mass is 16.7. The van der Waals surface area contributed by atoms with Crippen molar-refractivity contribution in [2.75, 3.05) is 13.7 Å². The maximum Gasteiger partial charge on any atom is 0.256 e. The van der Waals surface area contributed by atoms with Gasteiger partial charge in [-0.3, -0.25) is 4.79 Å². The SMILES string of the molecule is C=C1C[C@](OC)([C@H](O)C(=O)N[C@H]2O[C@@H](CO)[C@H](O)[C@@H](O)[C@@H]2O)O[C@H](C)[C@@H]1C. The lowest BCUT2D eigenvalue weighted by Crippen LogP contribution is -2.66. The Hall–Kier alpha value is -1.11. The van der Waals surface area contributed by atoms with Crippen molar-refractivity contribution in [1.29, 1.82) is 0 Å². The van der Waals surface area contributed by atoms with Gasteiger partial charge in [-0.05, 0) is 6.92 Å². The van der Waals surface area contributed by atoms with Crippen LogP contribution >= 0.6 is 0 Å². The smallest absolute Gasteiger partial charge is 0.256 e. The van der Waals surface area contributed by atoms with Crippen LogP contribution in [0.25, 0.3) is 0 Å². The van der Waals surface area contributed by atoms with Gasteiger partial charge in [0.05, 0.1) is 12.7 Å². The molecule has 2 saturated heterocycles. The third-order valence-electron chi connectivity index (χ3n) is 5.39. The molecule has 156 valence electrons. The molecule has 9 atom stereocenters. The third kappa shape index (κ3) is 4.17. The van der Waals surface area contributed by atoms with Crippen LogP contribution < -0.4 is 5.32 Å². The minimum atomic E-state index is -1.79. The van der Waals surface area contributed by atoms with Gasteiger partial charge in [0.2, 0.25) is 5.79 Å². The van der Waals surface area contributed by atoms with Crippen molar-refractivity contribution in [3.63, 3.8) is 0 Å². The Morgan fingerprint density at radius 1 is 1.33 bits per heavy atom. The van der Waals surface area contributed by atoms with E-state index >= 15 is 0 Å². The molecule has 0 bridgehead atoms. The number of carbonyl (C=O) groups is 1. The minimum absolute atomic E-state index is 0.00832. The van der Waals surface area contributed by atoms with E-state index in [1.807, 2.05) is 6.92 Å². The lowest BCUT2D eigenvalue weighted by Gasteiger charge is -2.45. The second kappa shape index (κ2) is 8.50. The predicted molar refractivity (Wildman–Crippen MR) is 91.1 cm³/mol. The van der Waals surface area contributed by atoms with Crippen LogP contribution in [0.5, 0.6) is 0 Å². The summed E-state index contributed by atoms with van der Waals surface area (Å²) in [5, 5.41) is 51.6. The van der Waals surface area contributed by atoms with Crippen LogP contribution in [0, 0.1) is 5.92 Å². The van der Waals surface area contributed by atoms with Gasteiger partial charge in [-0.25, -0.2) is 0 Å². The van der Waals surface area contributed by atoms with Crippen LogP contribution in [0.1, 0.15) is 20.3 Å². The van der Waals surface area contributed by atoms with Crippen molar-refractivity contribution in [1.82, 2.24) is 5.32 Å². The standard InChI is InChI=1S/C17H29NO9/c1-7-5-17(25-4,27-9(3)8(7)2)14(23)15(24)18-16-13(22)12(21)11(20)10(6-19)26-16/h8-14,16,19-23H,1,5-6H2,2-4H3,(H,18,24)/t8-,9-,10+,11+,12-,13+,14-,16+,17-/m1/s1. The maximum atomic E-state index is 12.5. The summed E-state index contributed by atoms with van der Waals surface area (Å²) in [5.74, 6) is -2.63. The summed E-state index contributed by atoms with van der Waals surface area (Å²) in [6, 6.07) is 0. The van der Waals surface area contributed by atoms with Crippen LogP contribution in [0.4, 0.5) is 0 Å². The van der Waals surface area contributed by atoms with Gasteiger partial charge in [0.15, 0.2) is 12.3 Å². The number of hydrogen-bond acceptors (Lipinski definition) is 9. The highest BCUT2D eigenvalue weighted by Crippen LogP contribution is 2.38. The normalized spacial score (nSPS) is 44.0. The molecule has 2 heterocycles. The van der Waals surface area contributed by atoms with E-state index in [1.165, 1.54) is 7.11 Å². The number of aliphatic hydroxyl groups excluding tert-OH is 5. The molecule has 2 aliphatic heterocycles. The molecule has 10 nitrogen and oxygen atoms in total. The van der Waals surface area contributed by atoms with Crippen LogP contribution in [0.3, 0.4) is 0 Å². The lowest BCUT2D eigenvalue weighted by molar-refractivity contribution is -0.298. The zero-order chi connectivity index (χ0) is 20.5. The topological polar surface area (TPSA) is 158 Å². The molecular formula is C17H29NO9. The van der Waals surface area contributed by atoms with Gasteiger partial charge in [0, 0.05) is 19.4 Å². The molecule has 0 unspecified atom stereocenters. The Morgan fingerprint density at radius 3 is 2.48 bits per heavy atom. The largest absolute Gasteiger partial charge is 0.394 e. The molecular weight excluding hydrogens is 362 g/mol. The molecule has 0 spiro atoms. The van der Waals surface area contributed by atoms with Gasteiger partial charge in [-0.1, -0.05) is 19.1 Å². The summed E-state index contributed by atoms with van der Waals surface area (Å²) >= 11 is 0. The molecule has 1 amide bonds. The Bertz CT molecular complexity index is 557.